The molecule has 8 nitrogen and oxygen atoms in total. The number of nitrogens with one attached hydrogen (secondary N) is 2. The van der Waals surface area contributed by atoms with E-state index >= 15 is 0 Å². The summed E-state index contributed by atoms with van der Waals surface area (Å²) >= 11 is 0. The zero-order valence-corrected chi connectivity index (χ0v) is 17.6. The Morgan fingerprint density at radius 1 is 1.13 bits per heavy atom. The molecular weight excluding hydrogens is 406 g/mol. The van der Waals surface area contributed by atoms with Crippen LogP contribution in [0, 0.1) is 10.1 Å². The Morgan fingerprint density at radius 2 is 1.87 bits per heavy atom. The summed E-state index contributed by atoms with van der Waals surface area (Å²) < 4.78 is 25.5. The minimum atomic E-state index is -3.25. The van der Waals surface area contributed by atoms with E-state index in [4.69, 9.17) is 0 Å². The van der Waals surface area contributed by atoms with Crippen LogP contribution in [-0.2, 0) is 15.6 Å². The number of anilines is 2. The van der Waals surface area contributed by atoms with E-state index in [2.05, 4.69) is 10.6 Å². The fourth-order valence-electron chi connectivity index (χ4n) is 3.74. The second kappa shape index (κ2) is 9.25. The maximum absolute atomic E-state index is 12.8. The van der Waals surface area contributed by atoms with Gasteiger partial charge in [0.05, 0.1) is 15.9 Å². The van der Waals surface area contributed by atoms with Crippen molar-refractivity contribution in [1.82, 2.24) is 5.32 Å². The molecular formula is C21H25N3O5S. The normalized spacial score (nSPS) is 14.8. The Labute approximate surface area is 175 Å². The van der Waals surface area contributed by atoms with Gasteiger partial charge in [0.15, 0.2) is 9.84 Å². The molecule has 0 bridgehead atoms. The summed E-state index contributed by atoms with van der Waals surface area (Å²) in [7, 11) is -1.79. The molecule has 1 aliphatic carbocycles. The molecule has 1 saturated carbocycles. The third kappa shape index (κ3) is 5.15. The van der Waals surface area contributed by atoms with Crippen molar-refractivity contribution in [2.45, 2.75) is 43.1 Å². The van der Waals surface area contributed by atoms with Gasteiger partial charge in [-0.3, -0.25) is 14.9 Å². The van der Waals surface area contributed by atoms with Gasteiger partial charge in [0, 0.05) is 24.4 Å². The minimum absolute atomic E-state index is 0.0507. The van der Waals surface area contributed by atoms with E-state index in [1.165, 1.54) is 25.2 Å². The van der Waals surface area contributed by atoms with E-state index in [0.717, 1.165) is 19.3 Å². The van der Waals surface area contributed by atoms with E-state index in [0.29, 0.717) is 24.1 Å². The number of amides is 1. The molecule has 0 unspecified atom stereocenters. The molecule has 30 heavy (non-hydrogen) atoms. The van der Waals surface area contributed by atoms with Crippen LogP contribution >= 0.6 is 0 Å². The Balaban J connectivity index is 1.81. The highest BCUT2D eigenvalue weighted by atomic mass is 32.2. The van der Waals surface area contributed by atoms with Crippen LogP contribution in [-0.4, -0.2) is 31.5 Å². The molecule has 0 atom stereocenters. The average Bonchev–Trinajstić information content (AvgIpc) is 2.74. The largest absolute Gasteiger partial charge is 0.355 e. The lowest BCUT2D eigenvalue weighted by atomic mass is 10.0. The monoisotopic (exact) mass is 431 g/mol. The molecule has 0 heterocycles. The van der Waals surface area contributed by atoms with Gasteiger partial charge in [-0.05, 0) is 42.7 Å². The van der Waals surface area contributed by atoms with Crippen LogP contribution in [0.1, 0.15) is 48.0 Å². The van der Waals surface area contributed by atoms with Gasteiger partial charge in [-0.2, -0.15) is 0 Å². The predicted octanol–water partition coefficient (Wildman–Crippen LogP) is 3.95. The highest BCUT2D eigenvalue weighted by Crippen LogP contribution is 2.30. The third-order valence-electron chi connectivity index (χ3n) is 5.32. The SMILES string of the molecule is CNC(=O)c1ccc(Nc2cccc(CS(=O)(=O)C3CCCCC3)c2)c([N+](=O)[O-])c1. The number of sulfone groups is 1. The lowest BCUT2D eigenvalue weighted by Gasteiger charge is -2.21. The number of nitro groups is 1. The zero-order chi connectivity index (χ0) is 21.7. The van der Waals surface area contributed by atoms with Gasteiger partial charge in [-0.1, -0.05) is 31.4 Å². The molecule has 3 rings (SSSR count). The van der Waals surface area contributed by atoms with Gasteiger partial charge in [0.1, 0.15) is 5.69 Å². The van der Waals surface area contributed by atoms with Gasteiger partial charge in [-0.15, -0.1) is 0 Å². The lowest BCUT2D eigenvalue weighted by molar-refractivity contribution is -0.383. The standard InChI is InChI=1S/C21H25N3O5S/c1-22-21(25)16-10-11-19(20(13-16)24(26)27)23-17-7-5-6-15(12-17)14-30(28,29)18-8-3-2-4-9-18/h5-7,10-13,18,23H,2-4,8-9,14H2,1H3,(H,22,25). The summed E-state index contributed by atoms with van der Waals surface area (Å²) in [5, 5.41) is 16.6. The van der Waals surface area contributed by atoms with Gasteiger partial charge in [-0.25, -0.2) is 8.42 Å². The number of hydrogen-bond acceptors (Lipinski definition) is 6. The number of rotatable bonds is 7. The number of carbonyl (C=O) groups is 1. The molecule has 1 aliphatic rings. The minimum Gasteiger partial charge on any atom is -0.355 e. The summed E-state index contributed by atoms with van der Waals surface area (Å²) in [5.74, 6) is -0.468. The molecule has 160 valence electrons. The summed E-state index contributed by atoms with van der Waals surface area (Å²) in [6.07, 6.45) is 4.40. The van der Waals surface area contributed by atoms with Crippen LogP contribution in [0.2, 0.25) is 0 Å². The van der Waals surface area contributed by atoms with Gasteiger partial charge < -0.3 is 10.6 Å². The number of nitro benzene ring substituents is 1. The molecule has 0 saturated heterocycles. The first-order chi connectivity index (χ1) is 14.3. The van der Waals surface area contributed by atoms with Crippen molar-refractivity contribution in [3.05, 3.63) is 63.7 Å². The van der Waals surface area contributed by atoms with Crippen molar-refractivity contribution in [1.29, 1.82) is 0 Å². The Bertz CT molecular complexity index is 1050. The quantitative estimate of drug-likeness (QED) is 0.506. The molecule has 1 fully saturated rings. The van der Waals surface area contributed by atoms with Crippen molar-refractivity contribution in [3.8, 4) is 0 Å². The number of carbonyl (C=O) groups excluding carboxylic acids is 1. The molecule has 1 amide bonds. The van der Waals surface area contributed by atoms with Crippen molar-refractivity contribution >= 4 is 32.8 Å². The van der Waals surface area contributed by atoms with Gasteiger partial charge in [0.2, 0.25) is 0 Å². The lowest BCUT2D eigenvalue weighted by Crippen LogP contribution is -2.25. The van der Waals surface area contributed by atoms with Crippen LogP contribution < -0.4 is 10.6 Å². The van der Waals surface area contributed by atoms with E-state index < -0.39 is 20.7 Å². The summed E-state index contributed by atoms with van der Waals surface area (Å²) in [4.78, 5) is 22.7. The Kier molecular flexibility index (Phi) is 6.71. The molecule has 9 heteroatoms. The third-order valence-corrected chi connectivity index (χ3v) is 7.54. The van der Waals surface area contributed by atoms with Crippen molar-refractivity contribution in [2.75, 3.05) is 12.4 Å². The second-order valence-electron chi connectivity index (χ2n) is 7.46. The van der Waals surface area contributed by atoms with Crippen molar-refractivity contribution in [2.24, 2.45) is 0 Å². The van der Waals surface area contributed by atoms with Crippen LogP contribution in [0.5, 0.6) is 0 Å². The van der Waals surface area contributed by atoms with E-state index in [1.807, 2.05) is 0 Å². The maximum atomic E-state index is 12.8. The highest BCUT2D eigenvalue weighted by Gasteiger charge is 2.27. The van der Waals surface area contributed by atoms with E-state index in [1.54, 1.807) is 24.3 Å². The predicted molar refractivity (Wildman–Crippen MR) is 116 cm³/mol. The first-order valence-electron chi connectivity index (χ1n) is 9.88. The highest BCUT2D eigenvalue weighted by molar-refractivity contribution is 7.91. The van der Waals surface area contributed by atoms with Crippen LogP contribution in [0.4, 0.5) is 17.1 Å². The van der Waals surface area contributed by atoms with Gasteiger partial charge in [0.25, 0.3) is 11.6 Å². The van der Waals surface area contributed by atoms with Crippen molar-refractivity contribution < 1.29 is 18.1 Å². The van der Waals surface area contributed by atoms with Crippen LogP contribution in [0.25, 0.3) is 0 Å². The average molecular weight is 432 g/mol. The zero-order valence-electron chi connectivity index (χ0n) is 16.8. The molecule has 0 radical (unpaired) electrons. The molecule has 2 N–H and O–H groups in total. The summed E-state index contributed by atoms with van der Waals surface area (Å²) in [6, 6.07) is 11.0. The molecule has 0 aliphatic heterocycles. The number of hydrogen-bond donors (Lipinski definition) is 2. The summed E-state index contributed by atoms with van der Waals surface area (Å²) in [5.41, 5.74) is 1.34. The summed E-state index contributed by atoms with van der Waals surface area (Å²) in [6.45, 7) is 0. The van der Waals surface area contributed by atoms with Crippen molar-refractivity contribution in [3.63, 3.8) is 0 Å². The smallest absolute Gasteiger partial charge is 0.293 e. The maximum Gasteiger partial charge on any atom is 0.293 e. The van der Waals surface area contributed by atoms with Gasteiger partial charge >= 0.3 is 0 Å². The first-order valence-corrected chi connectivity index (χ1v) is 11.6. The molecule has 2 aromatic rings. The Hall–Kier alpha value is -2.94. The second-order valence-corrected chi connectivity index (χ2v) is 9.74. The van der Waals surface area contributed by atoms with E-state index in [9.17, 15) is 23.3 Å². The Morgan fingerprint density at radius 3 is 2.53 bits per heavy atom. The molecule has 0 spiro atoms. The molecule has 2 aromatic carbocycles. The van der Waals surface area contributed by atoms with Crippen LogP contribution in [0.15, 0.2) is 42.5 Å². The molecule has 0 aromatic heterocycles. The fourth-order valence-corrected chi connectivity index (χ4v) is 5.67. The number of benzene rings is 2. The topological polar surface area (TPSA) is 118 Å². The number of nitrogens with zero attached hydrogens (tertiary/aromatic N) is 1. The first kappa shape index (κ1) is 21.8. The van der Waals surface area contributed by atoms with Crippen LogP contribution in [0.3, 0.4) is 0 Å². The fraction of sp³-hybridized carbons (Fsp3) is 0.381. The van der Waals surface area contributed by atoms with E-state index in [-0.39, 0.29) is 27.9 Å².